The Labute approximate surface area is 112 Å². The third kappa shape index (κ3) is 27.4. The maximum atomic E-state index is 9.63. The van der Waals surface area contributed by atoms with Gasteiger partial charge in [-0.15, -0.1) is 0 Å². The molecule has 0 aromatic rings. The third-order valence-corrected chi connectivity index (χ3v) is 3.28. The summed E-state index contributed by atoms with van der Waals surface area (Å²) in [4.78, 5) is 31.0. The summed E-state index contributed by atoms with van der Waals surface area (Å²) in [6.07, 6.45) is 3.37. The molecule has 0 aliphatic heterocycles. The minimum absolute atomic E-state index is 0.782. The molecule has 0 amide bonds. The molecule has 0 spiro atoms. The van der Waals surface area contributed by atoms with Crippen LogP contribution >= 0.6 is 15.6 Å². The predicted molar refractivity (Wildman–Crippen MR) is 70.0 cm³/mol. The average molecular weight is 323 g/mol. The predicted octanol–water partition coefficient (Wildman–Crippen LogP) is -1.15. The average Bonchev–Trinajstić information content (AvgIpc) is 2.19. The van der Waals surface area contributed by atoms with E-state index in [2.05, 4.69) is 9.63 Å². The summed E-state index contributed by atoms with van der Waals surface area (Å²) >= 11 is 0. The van der Waals surface area contributed by atoms with Crippen LogP contribution in [-0.2, 0) is 13.4 Å². The van der Waals surface area contributed by atoms with Crippen LogP contribution in [0.15, 0.2) is 0 Å². The first-order valence-corrected chi connectivity index (χ1v) is 8.61. The van der Waals surface area contributed by atoms with Crippen molar-refractivity contribution >= 4 is 15.6 Å². The van der Waals surface area contributed by atoms with Crippen molar-refractivity contribution in [1.82, 2.24) is 5.32 Å². The summed E-state index contributed by atoms with van der Waals surface area (Å²) in [7, 11) is -10.1. The number of nitrogens with one attached hydrogen (secondary N) is 1. The SMILES string of the molecule is NCCCCNCCCN.O=P(O)(O)OP(=O)(O)O. The molecule has 12 heteroatoms. The van der Waals surface area contributed by atoms with Gasteiger partial charge in [-0.3, -0.25) is 0 Å². The van der Waals surface area contributed by atoms with Gasteiger partial charge >= 0.3 is 15.6 Å². The lowest BCUT2D eigenvalue weighted by Gasteiger charge is -2.03. The fourth-order valence-corrected chi connectivity index (χ4v) is 1.99. The molecule has 0 aliphatic rings. The van der Waals surface area contributed by atoms with Crippen LogP contribution in [0.4, 0.5) is 0 Å². The van der Waals surface area contributed by atoms with Gasteiger partial charge < -0.3 is 36.4 Å². The van der Waals surface area contributed by atoms with Gasteiger partial charge in [-0.25, -0.2) is 9.13 Å². The topological polar surface area (TPSA) is 188 Å². The van der Waals surface area contributed by atoms with Gasteiger partial charge in [-0.05, 0) is 45.4 Å². The standard InChI is InChI=1S/C7H19N3.H4O7P2/c8-4-1-2-6-10-7-3-5-9;1-8(2,3)7-9(4,5)6/h10H,1-9H2;(H2,1,2,3)(H2,4,5,6). The monoisotopic (exact) mass is 323 g/mol. The highest BCUT2D eigenvalue weighted by atomic mass is 31.3. The van der Waals surface area contributed by atoms with E-state index in [0.29, 0.717) is 0 Å². The lowest BCUT2D eigenvalue weighted by atomic mass is 10.3. The summed E-state index contributed by atoms with van der Waals surface area (Å²) in [6, 6.07) is 0. The van der Waals surface area contributed by atoms with Crippen LogP contribution in [0, 0.1) is 0 Å². The van der Waals surface area contributed by atoms with Crippen molar-refractivity contribution in [2.45, 2.75) is 19.3 Å². The van der Waals surface area contributed by atoms with E-state index in [0.717, 1.165) is 39.0 Å². The Bertz CT molecular complexity index is 264. The molecule has 0 aromatic heterocycles. The zero-order valence-corrected chi connectivity index (χ0v) is 12.3. The van der Waals surface area contributed by atoms with Crippen molar-refractivity contribution in [2.24, 2.45) is 11.5 Å². The first-order chi connectivity index (χ1) is 8.62. The first kappa shape index (κ1) is 21.4. The summed E-state index contributed by atoms with van der Waals surface area (Å²) in [5.74, 6) is 0. The smallest absolute Gasteiger partial charge is 0.330 e. The van der Waals surface area contributed by atoms with E-state index >= 15 is 0 Å². The highest BCUT2D eigenvalue weighted by Gasteiger charge is 2.27. The number of unbranched alkanes of at least 4 members (excludes halogenated alkanes) is 1. The minimum atomic E-state index is -5.05. The van der Waals surface area contributed by atoms with Crippen LogP contribution in [0.1, 0.15) is 19.3 Å². The van der Waals surface area contributed by atoms with Crippen molar-refractivity contribution in [3.8, 4) is 0 Å². The summed E-state index contributed by atoms with van der Waals surface area (Å²) in [5.41, 5.74) is 10.6. The Hall–Kier alpha value is 0.140. The molecular formula is C7H23N3O7P2. The van der Waals surface area contributed by atoms with E-state index in [4.69, 9.17) is 31.0 Å². The summed E-state index contributed by atoms with van der Waals surface area (Å²) < 4.78 is 22.2. The van der Waals surface area contributed by atoms with Crippen LogP contribution in [0.2, 0.25) is 0 Å². The number of phosphoric acid groups is 2. The van der Waals surface area contributed by atoms with Gasteiger partial charge in [0.15, 0.2) is 0 Å². The Morgan fingerprint density at radius 2 is 1.26 bits per heavy atom. The van der Waals surface area contributed by atoms with Gasteiger partial charge in [0.25, 0.3) is 0 Å². The molecule has 0 radical (unpaired) electrons. The number of rotatable bonds is 9. The molecule has 10 nitrogen and oxygen atoms in total. The lowest BCUT2D eigenvalue weighted by Crippen LogP contribution is -2.19. The van der Waals surface area contributed by atoms with Crippen LogP contribution in [-0.4, -0.2) is 45.8 Å². The fourth-order valence-electron chi connectivity index (χ4n) is 0.885. The van der Waals surface area contributed by atoms with Crippen LogP contribution < -0.4 is 16.8 Å². The van der Waals surface area contributed by atoms with E-state index in [-0.39, 0.29) is 0 Å². The van der Waals surface area contributed by atoms with Crippen molar-refractivity contribution in [3.63, 3.8) is 0 Å². The maximum Gasteiger partial charge on any atom is 0.478 e. The Kier molecular flexibility index (Phi) is 13.5. The van der Waals surface area contributed by atoms with E-state index in [1.54, 1.807) is 0 Å². The van der Waals surface area contributed by atoms with Crippen molar-refractivity contribution in [2.75, 3.05) is 26.2 Å². The molecule has 0 unspecified atom stereocenters. The molecule has 118 valence electrons. The molecule has 0 fully saturated rings. The molecule has 0 atom stereocenters. The van der Waals surface area contributed by atoms with E-state index in [9.17, 15) is 9.13 Å². The van der Waals surface area contributed by atoms with Gasteiger partial charge in [-0.2, -0.15) is 4.31 Å². The second kappa shape index (κ2) is 11.9. The molecular weight excluding hydrogens is 300 g/mol. The number of hydrogen-bond acceptors (Lipinski definition) is 6. The quantitative estimate of drug-likeness (QED) is 0.201. The van der Waals surface area contributed by atoms with Crippen molar-refractivity contribution in [3.05, 3.63) is 0 Å². The first-order valence-electron chi connectivity index (χ1n) is 5.55. The zero-order valence-electron chi connectivity index (χ0n) is 10.5. The van der Waals surface area contributed by atoms with Gasteiger partial charge in [0.2, 0.25) is 0 Å². The lowest BCUT2D eigenvalue weighted by molar-refractivity contribution is 0.225. The third-order valence-electron chi connectivity index (χ3n) is 1.58. The molecule has 0 saturated heterocycles. The van der Waals surface area contributed by atoms with Crippen molar-refractivity contribution in [1.29, 1.82) is 0 Å². The molecule has 9 N–H and O–H groups in total. The summed E-state index contributed by atoms with van der Waals surface area (Å²) in [5, 5.41) is 3.29. The van der Waals surface area contributed by atoms with Gasteiger partial charge in [-0.1, -0.05) is 0 Å². The normalized spacial score (nSPS) is 11.9. The summed E-state index contributed by atoms with van der Waals surface area (Å²) in [6.45, 7) is 3.71. The second-order valence-corrected chi connectivity index (χ2v) is 6.07. The van der Waals surface area contributed by atoms with Crippen LogP contribution in [0.3, 0.4) is 0 Å². The van der Waals surface area contributed by atoms with Crippen LogP contribution in [0.5, 0.6) is 0 Å². The zero-order chi connectivity index (χ0) is 15.4. The maximum absolute atomic E-state index is 9.63. The molecule has 0 aliphatic carbocycles. The molecule has 0 aromatic carbocycles. The fraction of sp³-hybridized carbons (Fsp3) is 1.00. The second-order valence-electron chi connectivity index (χ2n) is 3.45. The van der Waals surface area contributed by atoms with E-state index < -0.39 is 15.6 Å². The molecule has 0 bridgehead atoms. The Morgan fingerprint density at radius 3 is 1.58 bits per heavy atom. The highest BCUT2D eigenvalue weighted by molar-refractivity contribution is 7.60. The minimum Gasteiger partial charge on any atom is -0.330 e. The Morgan fingerprint density at radius 1 is 0.842 bits per heavy atom. The molecule has 0 rings (SSSR count). The van der Waals surface area contributed by atoms with Gasteiger partial charge in [0.1, 0.15) is 0 Å². The van der Waals surface area contributed by atoms with Gasteiger partial charge in [0.05, 0.1) is 0 Å². The Balaban J connectivity index is 0. The molecule has 19 heavy (non-hydrogen) atoms. The molecule has 0 heterocycles. The van der Waals surface area contributed by atoms with E-state index in [1.807, 2.05) is 0 Å². The highest BCUT2D eigenvalue weighted by Crippen LogP contribution is 2.53. The number of nitrogens with two attached hydrogens (primary N) is 2. The van der Waals surface area contributed by atoms with Crippen LogP contribution in [0.25, 0.3) is 0 Å². The van der Waals surface area contributed by atoms with Crippen molar-refractivity contribution < 1.29 is 33.0 Å². The van der Waals surface area contributed by atoms with Gasteiger partial charge in [0, 0.05) is 0 Å². The van der Waals surface area contributed by atoms with E-state index in [1.165, 1.54) is 6.42 Å². The molecule has 0 saturated carbocycles. The number of hydrogen-bond donors (Lipinski definition) is 7. The largest absolute Gasteiger partial charge is 0.478 e.